The summed E-state index contributed by atoms with van der Waals surface area (Å²) in [4.78, 5) is 22.6. The Morgan fingerprint density at radius 1 is 1.53 bits per heavy atom. The van der Waals surface area contributed by atoms with Crippen molar-refractivity contribution < 1.29 is 32.2 Å². The molecule has 1 aliphatic heterocycles. The van der Waals surface area contributed by atoms with Gasteiger partial charge in [0.05, 0.1) is 6.54 Å². The average molecular weight is 227 g/mol. The van der Waals surface area contributed by atoms with E-state index >= 15 is 0 Å². The molecule has 1 aliphatic rings. The minimum Gasteiger partial charge on any atom is -0.447 e. The number of rotatable bonds is 3. The van der Waals surface area contributed by atoms with Crippen LogP contribution in [0.25, 0.3) is 0 Å². The van der Waals surface area contributed by atoms with Crippen LogP contribution in [0.15, 0.2) is 0 Å². The third kappa shape index (κ3) is 3.74. The number of cyclic esters (lactones) is 1. The van der Waals surface area contributed by atoms with Crippen molar-refractivity contribution in [1.82, 2.24) is 4.90 Å². The molecule has 1 heterocycles. The second kappa shape index (κ2) is 4.47. The second-order valence-electron chi connectivity index (χ2n) is 2.77. The molecule has 0 spiro atoms. The Kier molecular flexibility index (Phi) is 3.51. The molecule has 2 amide bonds. The van der Waals surface area contributed by atoms with E-state index in [4.69, 9.17) is 0 Å². The third-order valence-corrected chi connectivity index (χ3v) is 1.55. The number of nitrogens with zero attached hydrogens (tertiary/aromatic N) is 1. The van der Waals surface area contributed by atoms with E-state index in [2.05, 4.69) is 9.47 Å². The van der Waals surface area contributed by atoms with Crippen molar-refractivity contribution in [2.45, 2.75) is 6.18 Å². The lowest BCUT2D eigenvalue weighted by Crippen LogP contribution is -2.35. The number of hydrogen-bond donors (Lipinski definition) is 0. The largest absolute Gasteiger partial charge is 0.447 e. The molecule has 1 rings (SSSR count). The summed E-state index contributed by atoms with van der Waals surface area (Å²) in [6.45, 7) is -2.19. The molecule has 0 radical (unpaired) electrons. The Morgan fingerprint density at radius 3 is 2.67 bits per heavy atom. The zero-order chi connectivity index (χ0) is 11.5. The molecule has 0 aromatic heterocycles. The molecule has 0 atom stereocenters. The first kappa shape index (κ1) is 11.8. The molecule has 15 heavy (non-hydrogen) atoms. The van der Waals surface area contributed by atoms with Crippen LogP contribution in [0, 0.1) is 0 Å². The minimum absolute atomic E-state index is 0.0487. The monoisotopic (exact) mass is 227 g/mol. The summed E-state index contributed by atoms with van der Waals surface area (Å²) in [6.07, 6.45) is -5.33. The van der Waals surface area contributed by atoms with Gasteiger partial charge in [-0.25, -0.2) is 9.69 Å². The van der Waals surface area contributed by atoms with Crippen LogP contribution in [0.5, 0.6) is 0 Å². The standard InChI is InChI=1S/C7H8F3NO4/c8-7(9,10)4-14-3-5(12)11-1-2-15-6(11)13/h1-4H2. The summed E-state index contributed by atoms with van der Waals surface area (Å²) >= 11 is 0. The van der Waals surface area contributed by atoms with Gasteiger partial charge in [0, 0.05) is 0 Å². The van der Waals surface area contributed by atoms with Crippen molar-refractivity contribution in [3.63, 3.8) is 0 Å². The van der Waals surface area contributed by atoms with Gasteiger partial charge in [-0.15, -0.1) is 0 Å². The highest BCUT2D eigenvalue weighted by atomic mass is 19.4. The topological polar surface area (TPSA) is 55.8 Å². The summed E-state index contributed by atoms with van der Waals surface area (Å²) < 4.78 is 43.4. The van der Waals surface area contributed by atoms with Gasteiger partial charge in [-0.2, -0.15) is 13.2 Å². The number of hydrogen-bond acceptors (Lipinski definition) is 4. The van der Waals surface area contributed by atoms with Crippen LogP contribution in [0.1, 0.15) is 0 Å². The first-order valence-corrected chi connectivity index (χ1v) is 4.02. The summed E-state index contributed by atoms with van der Waals surface area (Å²) in [7, 11) is 0. The van der Waals surface area contributed by atoms with Crippen LogP contribution in [0.2, 0.25) is 0 Å². The number of amides is 2. The fraction of sp³-hybridized carbons (Fsp3) is 0.714. The molecular formula is C7H8F3NO4. The molecule has 1 saturated heterocycles. The zero-order valence-corrected chi connectivity index (χ0v) is 7.54. The smallest absolute Gasteiger partial charge is 0.416 e. The van der Waals surface area contributed by atoms with E-state index in [1.54, 1.807) is 0 Å². The lowest BCUT2D eigenvalue weighted by atomic mass is 10.5. The van der Waals surface area contributed by atoms with E-state index in [9.17, 15) is 22.8 Å². The Hall–Kier alpha value is -1.31. The van der Waals surface area contributed by atoms with Crippen LogP contribution in [-0.4, -0.2) is 49.4 Å². The van der Waals surface area contributed by atoms with E-state index in [0.29, 0.717) is 4.90 Å². The van der Waals surface area contributed by atoms with Crippen LogP contribution in [-0.2, 0) is 14.3 Å². The summed E-state index contributed by atoms with van der Waals surface area (Å²) in [6, 6.07) is 0. The van der Waals surface area contributed by atoms with Gasteiger partial charge in [-0.05, 0) is 0 Å². The lowest BCUT2D eigenvalue weighted by molar-refractivity contribution is -0.177. The van der Waals surface area contributed by atoms with Crippen molar-refractivity contribution in [2.24, 2.45) is 0 Å². The highest BCUT2D eigenvalue weighted by Crippen LogP contribution is 2.14. The van der Waals surface area contributed by atoms with Gasteiger partial charge >= 0.3 is 12.3 Å². The molecule has 0 aromatic rings. The SMILES string of the molecule is O=C(COCC(F)(F)F)N1CCOC1=O. The summed E-state index contributed by atoms with van der Waals surface area (Å²) in [5.41, 5.74) is 0. The van der Waals surface area contributed by atoms with Crippen molar-refractivity contribution in [2.75, 3.05) is 26.4 Å². The van der Waals surface area contributed by atoms with Crippen LogP contribution < -0.4 is 0 Å². The van der Waals surface area contributed by atoms with Gasteiger partial charge in [0.15, 0.2) is 0 Å². The van der Waals surface area contributed by atoms with Gasteiger partial charge in [-0.1, -0.05) is 0 Å². The number of halogens is 3. The van der Waals surface area contributed by atoms with Gasteiger partial charge in [-0.3, -0.25) is 4.79 Å². The number of ether oxygens (including phenoxy) is 2. The summed E-state index contributed by atoms with van der Waals surface area (Å²) in [5.74, 6) is -0.832. The Morgan fingerprint density at radius 2 is 2.20 bits per heavy atom. The maximum atomic E-state index is 11.6. The van der Waals surface area contributed by atoms with Crippen molar-refractivity contribution in [3.8, 4) is 0 Å². The maximum absolute atomic E-state index is 11.6. The molecule has 0 aliphatic carbocycles. The zero-order valence-electron chi connectivity index (χ0n) is 7.54. The van der Waals surface area contributed by atoms with Crippen LogP contribution >= 0.6 is 0 Å². The van der Waals surface area contributed by atoms with Crippen LogP contribution in [0.3, 0.4) is 0 Å². The van der Waals surface area contributed by atoms with Gasteiger partial charge in [0.1, 0.15) is 19.8 Å². The first-order valence-electron chi connectivity index (χ1n) is 4.02. The molecular weight excluding hydrogens is 219 g/mol. The number of carbonyl (C=O) groups is 2. The highest BCUT2D eigenvalue weighted by molar-refractivity contribution is 5.93. The quantitative estimate of drug-likeness (QED) is 0.706. The maximum Gasteiger partial charge on any atom is 0.416 e. The van der Waals surface area contributed by atoms with Crippen molar-refractivity contribution >= 4 is 12.0 Å². The molecule has 8 heteroatoms. The van der Waals surface area contributed by atoms with E-state index in [0.717, 1.165) is 0 Å². The molecule has 0 saturated carbocycles. The highest BCUT2D eigenvalue weighted by Gasteiger charge is 2.31. The molecule has 5 nitrogen and oxygen atoms in total. The molecule has 86 valence electrons. The number of imide groups is 1. The first-order chi connectivity index (χ1) is 6.90. The number of carbonyl (C=O) groups excluding carboxylic acids is 2. The molecule has 0 aromatic carbocycles. The van der Waals surface area contributed by atoms with Crippen LogP contribution in [0.4, 0.5) is 18.0 Å². The normalized spacial score (nSPS) is 16.7. The molecule has 0 bridgehead atoms. The van der Waals surface area contributed by atoms with Gasteiger partial charge in [0.2, 0.25) is 0 Å². The minimum atomic E-state index is -4.48. The Bertz CT molecular complexity index is 265. The van der Waals surface area contributed by atoms with E-state index in [1.165, 1.54) is 0 Å². The summed E-state index contributed by atoms with van der Waals surface area (Å²) in [5, 5.41) is 0. The molecule has 0 N–H and O–H groups in total. The fourth-order valence-electron chi connectivity index (χ4n) is 0.952. The van der Waals surface area contributed by atoms with E-state index in [-0.39, 0.29) is 13.2 Å². The Labute approximate surface area is 82.7 Å². The Balaban J connectivity index is 2.27. The van der Waals surface area contributed by atoms with Crippen molar-refractivity contribution in [3.05, 3.63) is 0 Å². The third-order valence-electron chi connectivity index (χ3n) is 1.55. The van der Waals surface area contributed by atoms with Gasteiger partial charge in [0.25, 0.3) is 5.91 Å². The number of alkyl halides is 3. The van der Waals surface area contributed by atoms with E-state index in [1.807, 2.05) is 0 Å². The average Bonchev–Trinajstić information content (AvgIpc) is 2.48. The van der Waals surface area contributed by atoms with E-state index < -0.39 is 31.4 Å². The van der Waals surface area contributed by atoms with Crippen molar-refractivity contribution in [1.29, 1.82) is 0 Å². The fourth-order valence-corrected chi connectivity index (χ4v) is 0.952. The predicted octanol–water partition coefficient (Wildman–Crippen LogP) is 0.544. The lowest BCUT2D eigenvalue weighted by Gasteiger charge is -2.11. The molecule has 0 unspecified atom stereocenters. The predicted molar refractivity (Wildman–Crippen MR) is 39.9 cm³/mol. The molecule has 1 fully saturated rings. The second-order valence-corrected chi connectivity index (χ2v) is 2.77. The van der Waals surface area contributed by atoms with Gasteiger partial charge < -0.3 is 9.47 Å².